The predicted molar refractivity (Wildman–Crippen MR) is 93.4 cm³/mol. The Hall–Kier alpha value is -2.53. The van der Waals surface area contributed by atoms with Crippen molar-refractivity contribution in [1.82, 2.24) is 0 Å². The summed E-state index contributed by atoms with van der Waals surface area (Å²) in [5.74, 6) is -1.33. The highest BCUT2D eigenvalue weighted by Crippen LogP contribution is 2.32. The van der Waals surface area contributed by atoms with Crippen LogP contribution in [0.1, 0.15) is 53.3 Å². The van der Waals surface area contributed by atoms with E-state index in [4.69, 9.17) is 4.74 Å². The highest BCUT2D eigenvalue weighted by atomic mass is 16.5. The van der Waals surface area contributed by atoms with Crippen LogP contribution in [0.5, 0.6) is 0 Å². The van der Waals surface area contributed by atoms with Gasteiger partial charge in [0.05, 0.1) is 13.0 Å². The van der Waals surface area contributed by atoms with E-state index in [2.05, 4.69) is 0 Å². The Bertz CT molecular complexity index is 680. The zero-order chi connectivity index (χ0) is 18.3. The van der Waals surface area contributed by atoms with Gasteiger partial charge < -0.3 is 9.84 Å². The van der Waals surface area contributed by atoms with Crippen molar-refractivity contribution in [3.63, 3.8) is 0 Å². The van der Waals surface area contributed by atoms with Crippen molar-refractivity contribution in [1.29, 1.82) is 0 Å². The number of unbranched alkanes of at least 4 members (excludes halogenated alkanes) is 1. The van der Waals surface area contributed by atoms with E-state index < -0.39 is 17.2 Å². The van der Waals surface area contributed by atoms with E-state index in [9.17, 15) is 19.5 Å². The molecule has 1 aliphatic carbocycles. The molecule has 0 radical (unpaired) electrons. The average molecular weight is 342 g/mol. The number of esters is 1. The third-order valence-corrected chi connectivity index (χ3v) is 4.00. The average Bonchev–Trinajstić information content (AvgIpc) is 2.80. The fourth-order valence-electron chi connectivity index (χ4n) is 2.69. The maximum absolute atomic E-state index is 12.3. The van der Waals surface area contributed by atoms with Gasteiger partial charge in [-0.15, -0.1) is 0 Å². The van der Waals surface area contributed by atoms with Gasteiger partial charge in [0.25, 0.3) is 0 Å². The number of aliphatic hydroxyl groups is 1. The number of hydrogen-bond donors (Lipinski definition) is 1. The highest BCUT2D eigenvalue weighted by Gasteiger charge is 2.50. The van der Waals surface area contributed by atoms with Crippen molar-refractivity contribution in [3.05, 3.63) is 59.7 Å². The summed E-state index contributed by atoms with van der Waals surface area (Å²) in [6.07, 6.45) is 8.71. The number of ether oxygens (including phenoxy) is 1. The first kappa shape index (κ1) is 18.8. The van der Waals surface area contributed by atoms with Gasteiger partial charge in [0.2, 0.25) is 11.6 Å². The minimum absolute atomic E-state index is 0.0358. The fourth-order valence-corrected chi connectivity index (χ4v) is 2.69. The van der Waals surface area contributed by atoms with Gasteiger partial charge >= 0.3 is 5.97 Å². The molecular weight excluding hydrogens is 320 g/mol. The molecule has 0 amide bonds. The van der Waals surface area contributed by atoms with Crippen LogP contribution in [0.15, 0.2) is 48.6 Å². The molecule has 132 valence electrons. The van der Waals surface area contributed by atoms with Crippen molar-refractivity contribution < 1.29 is 24.2 Å². The van der Waals surface area contributed by atoms with Crippen LogP contribution in [0.4, 0.5) is 0 Å². The van der Waals surface area contributed by atoms with Crippen LogP contribution in [0.2, 0.25) is 0 Å². The second kappa shape index (κ2) is 8.53. The summed E-state index contributed by atoms with van der Waals surface area (Å²) >= 11 is 0. The smallest absolute Gasteiger partial charge is 0.309 e. The molecule has 0 unspecified atom stereocenters. The molecule has 0 saturated carbocycles. The summed E-state index contributed by atoms with van der Waals surface area (Å²) in [6.45, 7) is 2.14. The van der Waals surface area contributed by atoms with Crippen molar-refractivity contribution >= 4 is 17.5 Å². The van der Waals surface area contributed by atoms with E-state index >= 15 is 0 Å². The molecule has 0 spiro atoms. The topological polar surface area (TPSA) is 80.7 Å². The third kappa shape index (κ3) is 4.31. The van der Waals surface area contributed by atoms with Gasteiger partial charge in [0.1, 0.15) is 0 Å². The number of benzene rings is 1. The normalized spacial score (nSPS) is 15.9. The molecular formula is C20H22O5. The first-order chi connectivity index (χ1) is 12.0. The zero-order valence-corrected chi connectivity index (χ0v) is 14.2. The van der Waals surface area contributed by atoms with Crippen molar-refractivity contribution in [2.24, 2.45) is 0 Å². The number of allylic oxidation sites excluding steroid dienone is 2. The van der Waals surface area contributed by atoms with Crippen LogP contribution in [0, 0.1) is 0 Å². The number of ketones is 2. The van der Waals surface area contributed by atoms with E-state index in [0.717, 1.165) is 6.42 Å². The van der Waals surface area contributed by atoms with Gasteiger partial charge in [-0.1, -0.05) is 48.6 Å². The van der Waals surface area contributed by atoms with E-state index in [1.807, 2.05) is 12.2 Å². The first-order valence-corrected chi connectivity index (χ1v) is 8.37. The van der Waals surface area contributed by atoms with Crippen LogP contribution in [-0.4, -0.2) is 34.9 Å². The lowest BCUT2D eigenvalue weighted by Gasteiger charge is -2.16. The predicted octanol–water partition coefficient (Wildman–Crippen LogP) is 3.03. The summed E-state index contributed by atoms with van der Waals surface area (Å²) in [5, 5.41) is 10.5. The number of rotatable bonds is 8. The molecule has 5 heteroatoms. The molecule has 0 aliphatic heterocycles. The van der Waals surface area contributed by atoms with Gasteiger partial charge in [-0.25, -0.2) is 0 Å². The maximum atomic E-state index is 12.3. The SMILES string of the molecule is CCOC(=O)C/C=C/CC/C=C\CC1(O)C(=O)c2ccccc2C1=O. The maximum Gasteiger partial charge on any atom is 0.309 e. The monoisotopic (exact) mass is 342 g/mol. The number of fused-ring (bicyclic) bond motifs is 1. The molecule has 1 aliphatic rings. The number of carbonyl (C=O) groups excluding carboxylic acids is 3. The second-order valence-electron chi connectivity index (χ2n) is 5.80. The fraction of sp³-hybridized carbons (Fsp3) is 0.350. The third-order valence-electron chi connectivity index (χ3n) is 4.00. The van der Waals surface area contributed by atoms with Gasteiger partial charge in [0.15, 0.2) is 5.60 Å². The zero-order valence-electron chi connectivity index (χ0n) is 14.2. The van der Waals surface area contributed by atoms with E-state index in [-0.39, 0.29) is 29.9 Å². The van der Waals surface area contributed by atoms with Crippen molar-refractivity contribution in [2.75, 3.05) is 6.61 Å². The van der Waals surface area contributed by atoms with Gasteiger partial charge in [0, 0.05) is 17.5 Å². The highest BCUT2D eigenvalue weighted by molar-refractivity contribution is 6.31. The number of hydrogen-bond acceptors (Lipinski definition) is 5. The molecule has 0 fully saturated rings. The Balaban J connectivity index is 1.81. The molecule has 1 aromatic rings. The lowest BCUT2D eigenvalue weighted by molar-refractivity contribution is -0.142. The standard InChI is InChI=1S/C20H22O5/c1-2-25-17(21)13-7-5-3-4-6-10-14-20(24)18(22)15-11-8-9-12-16(15)19(20)23/h5-12,24H,2-4,13-14H2,1H3/b7-5+,10-6-. The molecule has 1 N–H and O–H groups in total. The molecule has 0 bridgehead atoms. The van der Waals surface area contributed by atoms with Crippen LogP contribution in [-0.2, 0) is 9.53 Å². The molecule has 0 atom stereocenters. The Kier molecular flexibility index (Phi) is 6.42. The van der Waals surface area contributed by atoms with Gasteiger partial charge in [-0.3, -0.25) is 14.4 Å². The van der Waals surface area contributed by atoms with Crippen molar-refractivity contribution in [2.45, 2.75) is 38.2 Å². The molecule has 2 rings (SSSR count). The number of carbonyl (C=O) groups is 3. The minimum atomic E-state index is -1.99. The summed E-state index contributed by atoms with van der Waals surface area (Å²) in [5.41, 5.74) is -1.42. The van der Waals surface area contributed by atoms with Crippen LogP contribution in [0.25, 0.3) is 0 Å². The van der Waals surface area contributed by atoms with Crippen molar-refractivity contribution in [3.8, 4) is 0 Å². The number of Topliss-reactive ketones (excluding diaryl/α,β-unsaturated/α-hetero) is 2. The molecule has 1 aromatic carbocycles. The van der Waals surface area contributed by atoms with Gasteiger partial charge in [-0.05, 0) is 19.8 Å². The Morgan fingerprint density at radius 2 is 1.60 bits per heavy atom. The van der Waals surface area contributed by atoms with Crippen LogP contribution in [0.3, 0.4) is 0 Å². The largest absolute Gasteiger partial charge is 0.466 e. The van der Waals surface area contributed by atoms with Crippen LogP contribution >= 0.6 is 0 Å². The Morgan fingerprint density at radius 3 is 2.16 bits per heavy atom. The quantitative estimate of drug-likeness (QED) is 0.340. The summed E-state index contributed by atoms with van der Waals surface area (Å²) < 4.78 is 4.81. The molecule has 5 nitrogen and oxygen atoms in total. The summed E-state index contributed by atoms with van der Waals surface area (Å²) in [7, 11) is 0. The molecule has 0 heterocycles. The van der Waals surface area contributed by atoms with E-state index in [1.54, 1.807) is 43.3 Å². The Labute approximate surface area is 147 Å². The van der Waals surface area contributed by atoms with Gasteiger partial charge in [-0.2, -0.15) is 0 Å². The van der Waals surface area contributed by atoms with Crippen LogP contribution < -0.4 is 0 Å². The lowest BCUT2D eigenvalue weighted by atomic mass is 9.93. The molecule has 0 aromatic heterocycles. The van der Waals surface area contributed by atoms with E-state index in [0.29, 0.717) is 13.0 Å². The summed E-state index contributed by atoms with van der Waals surface area (Å²) in [6, 6.07) is 6.47. The molecule has 0 saturated heterocycles. The minimum Gasteiger partial charge on any atom is -0.466 e. The molecule has 25 heavy (non-hydrogen) atoms. The second-order valence-corrected chi connectivity index (χ2v) is 5.80. The first-order valence-electron chi connectivity index (χ1n) is 8.37. The van der Waals surface area contributed by atoms with E-state index in [1.165, 1.54) is 0 Å². The Morgan fingerprint density at radius 1 is 1.04 bits per heavy atom. The lowest BCUT2D eigenvalue weighted by Crippen LogP contribution is -2.40. The summed E-state index contributed by atoms with van der Waals surface area (Å²) in [4.78, 5) is 35.7.